The fraction of sp³-hybridized carbons (Fsp3) is 0. The van der Waals surface area contributed by atoms with Crippen molar-refractivity contribution in [2.24, 2.45) is 0 Å². The van der Waals surface area contributed by atoms with Crippen LogP contribution in [0.4, 0.5) is 11.4 Å². The Labute approximate surface area is 87.4 Å². The Kier molecular flexibility index (Phi) is 6.82. The van der Waals surface area contributed by atoms with E-state index in [9.17, 15) is 10.1 Å². The van der Waals surface area contributed by atoms with Crippen LogP contribution in [0.3, 0.4) is 0 Å². The summed E-state index contributed by atoms with van der Waals surface area (Å²) in [6.07, 6.45) is 0. The monoisotopic (exact) mass is 220 g/mol. The fourth-order valence-corrected chi connectivity index (χ4v) is 0.676. The molecule has 0 N–H and O–H groups in total. The van der Waals surface area contributed by atoms with Crippen LogP contribution in [-0.2, 0) is 0 Å². The molecule has 1 aromatic carbocycles. The minimum absolute atomic E-state index is 0. The first-order valence-electron chi connectivity index (χ1n) is 2.86. The third-order valence-corrected chi connectivity index (χ3v) is 1.17. The van der Waals surface area contributed by atoms with Gasteiger partial charge in [-0.05, 0) is 0 Å². The topological polar surface area (TPSA) is 47.5 Å². The van der Waals surface area contributed by atoms with E-state index in [0.29, 0.717) is 5.69 Å². The van der Waals surface area contributed by atoms with Gasteiger partial charge in [-0.15, -0.1) is 24.8 Å². The molecule has 0 saturated heterocycles. The first-order valence-corrected chi connectivity index (χ1v) is 2.86. The van der Waals surface area contributed by atoms with Gasteiger partial charge in [0.2, 0.25) is 0 Å². The number of hydrogen-bond donors (Lipinski definition) is 0. The first-order chi connectivity index (χ1) is 5.24. The molecular weight excluding hydrogens is 215 g/mol. The third-order valence-electron chi connectivity index (χ3n) is 1.17. The van der Waals surface area contributed by atoms with E-state index in [1.807, 2.05) is 0 Å². The lowest BCUT2D eigenvalue weighted by Crippen LogP contribution is -1.85. The van der Waals surface area contributed by atoms with Gasteiger partial charge in [0.1, 0.15) is 0 Å². The predicted octanol–water partition coefficient (Wildman–Crippen LogP) is 2.99. The molecule has 4 nitrogen and oxygen atoms in total. The van der Waals surface area contributed by atoms with Gasteiger partial charge >= 0.3 is 0 Å². The van der Waals surface area contributed by atoms with Crippen molar-refractivity contribution in [3.8, 4) is 0 Å². The molecule has 0 aliphatic heterocycles. The van der Waals surface area contributed by atoms with Crippen molar-refractivity contribution in [2.75, 3.05) is 0 Å². The van der Waals surface area contributed by atoms with Crippen molar-refractivity contribution in [2.45, 2.75) is 0 Å². The van der Waals surface area contributed by atoms with Gasteiger partial charge in [0.25, 0.3) is 5.69 Å². The molecule has 0 bridgehead atoms. The number of non-ortho nitro benzene ring substituents is 1. The number of hydrogen-bond acceptors (Lipinski definition) is 2. The molecule has 0 atom stereocenters. The molecule has 0 heterocycles. The van der Waals surface area contributed by atoms with Crippen LogP contribution in [-0.4, -0.2) is 4.92 Å². The largest absolute Gasteiger partial charge is 0.259 e. The van der Waals surface area contributed by atoms with Crippen LogP contribution in [0.1, 0.15) is 0 Å². The first kappa shape index (κ1) is 14.2. The minimum atomic E-state index is -0.519. The van der Waals surface area contributed by atoms with Crippen molar-refractivity contribution in [1.82, 2.24) is 0 Å². The Balaban J connectivity index is 0. The summed E-state index contributed by atoms with van der Waals surface area (Å²) in [6, 6.07) is 5.62. The van der Waals surface area contributed by atoms with Crippen molar-refractivity contribution < 1.29 is 4.92 Å². The maximum atomic E-state index is 10.2. The second kappa shape index (κ2) is 6.23. The van der Waals surface area contributed by atoms with Crippen LogP contribution in [0.25, 0.3) is 4.85 Å². The highest BCUT2D eigenvalue weighted by Gasteiger charge is 2.03. The molecule has 0 saturated carbocycles. The maximum Gasteiger partial charge on any atom is 0.259 e. The molecular formula is C7H6Cl2N2O2. The van der Waals surface area contributed by atoms with Gasteiger partial charge in [-0.3, -0.25) is 10.1 Å². The average molecular weight is 221 g/mol. The van der Waals surface area contributed by atoms with Crippen LogP contribution in [0.2, 0.25) is 0 Å². The van der Waals surface area contributed by atoms with Gasteiger partial charge in [-0.2, -0.15) is 0 Å². The minimum Gasteiger partial charge on any atom is -0.258 e. The zero-order valence-corrected chi connectivity index (χ0v) is 7.97. The highest BCUT2D eigenvalue weighted by molar-refractivity contribution is 5.85. The lowest BCUT2D eigenvalue weighted by Gasteiger charge is -1.89. The van der Waals surface area contributed by atoms with Gasteiger partial charge in [0.05, 0.1) is 11.5 Å². The zero-order valence-electron chi connectivity index (χ0n) is 6.34. The molecule has 0 aliphatic rings. The second-order valence-electron chi connectivity index (χ2n) is 1.89. The van der Waals surface area contributed by atoms with Gasteiger partial charge in [-0.25, -0.2) is 4.85 Å². The quantitative estimate of drug-likeness (QED) is 0.415. The summed E-state index contributed by atoms with van der Waals surface area (Å²) >= 11 is 0. The van der Waals surface area contributed by atoms with Crippen molar-refractivity contribution >= 4 is 36.2 Å². The van der Waals surface area contributed by atoms with Gasteiger partial charge in [-0.1, -0.05) is 12.1 Å². The summed E-state index contributed by atoms with van der Waals surface area (Å²) in [5, 5.41) is 10.2. The van der Waals surface area contributed by atoms with E-state index >= 15 is 0 Å². The highest BCUT2D eigenvalue weighted by atomic mass is 35.5. The molecule has 0 amide bonds. The van der Waals surface area contributed by atoms with E-state index in [2.05, 4.69) is 4.85 Å². The van der Waals surface area contributed by atoms with E-state index in [1.54, 1.807) is 0 Å². The lowest BCUT2D eigenvalue weighted by molar-refractivity contribution is -0.384. The van der Waals surface area contributed by atoms with Crippen LogP contribution < -0.4 is 0 Å². The molecule has 70 valence electrons. The highest BCUT2D eigenvalue weighted by Crippen LogP contribution is 2.18. The molecule has 0 aliphatic carbocycles. The molecule has 0 aromatic heterocycles. The molecule has 1 rings (SSSR count). The summed E-state index contributed by atoms with van der Waals surface area (Å²) in [6.45, 7) is 6.58. The smallest absolute Gasteiger partial charge is 0.258 e. The summed E-state index contributed by atoms with van der Waals surface area (Å²) in [5.74, 6) is 0. The van der Waals surface area contributed by atoms with Crippen LogP contribution >= 0.6 is 24.8 Å². The molecule has 0 fully saturated rings. The molecule has 6 heteroatoms. The fourth-order valence-electron chi connectivity index (χ4n) is 0.676. The van der Waals surface area contributed by atoms with Crippen molar-refractivity contribution in [3.63, 3.8) is 0 Å². The molecule has 0 unspecified atom stereocenters. The summed E-state index contributed by atoms with van der Waals surface area (Å²) < 4.78 is 0. The number of nitro benzene ring substituents is 1. The molecule has 0 radical (unpaired) electrons. The summed E-state index contributed by atoms with van der Waals surface area (Å²) in [5.41, 5.74) is 0.248. The number of nitrogens with zero attached hydrogens (tertiary/aromatic N) is 2. The maximum absolute atomic E-state index is 10.2. The van der Waals surface area contributed by atoms with E-state index in [1.165, 1.54) is 24.3 Å². The summed E-state index contributed by atoms with van der Waals surface area (Å²) in [7, 11) is 0. The van der Waals surface area contributed by atoms with E-state index in [0.717, 1.165) is 0 Å². The predicted molar refractivity (Wildman–Crippen MR) is 53.9 cm³/mol. The van der Waals surface area contributed by atoms with Crippen LogP contribution in [0.15, 0.2) is 24.3 Å². The number of nitro groups is 1. The summed E-state index contributed by atoms with van der Waals surface area (Å²) in [4.78, 5) is 12.7. The molecule has 1 aromatic rings. The third kappa shape index (κ3) is 3.74. The molecule has 0 spiro atoms. The molecule has 13 heavy (non-hydrogen) atoms. The number of halogens is 2. The Bertz CT molecular complexity index is 336. The van der Waals surface area contributed by atoms with E-state index in [-0.39, 0.29) is 30.5 Å². The van der Waals surface area contributed by atoms with E-state index in [4.69, 9.17) is 6.57 Å². The zero-order chi connectivity index (χ0) is 8.27. The standard InChI is InChI=1S/C7H4N2O2.2ClH/c1-8-6-3-2-4-7(5-6)9(10)11;;/h2-5H;2*1H. The van der Waals surface area contributed by atoms with Crippen molar-refractivity contribution in [3.05, 3.63) is 45.8 Å². The Morgan fingerprint density at radius 3 is 2.46 bits per heavy atom. The van der Waals surface area contributed by atoms with Gasteiger partial charge < -0.3 is 0 Å². The lowest BCUT2D eigenvalue weighted by atomic mass is 10.3. The van der Waals surface area contributed by atoms with E-state index < -0.39 is 4.92 Å². The van der Waals surface area contributed by atoms with Gasteiger partial charge in [0.15, 0.2) is 5.69 Å². The normalized spacial score (nSPS) is 7.31. The van der Waals surface area contributed by atoms with Crippen LogP contribution in [0, 0.1) is 16.7 Å². The average Bonchev–Trinajstić information content (AvgIpc) is 2.05. The second-order valence-corrected chi connectivity index (χ2v) is 1.89. The Morgan fingerprint density at radius 1 is 1.38 bits per heavy atom. The number of rotatable bonds is 1. The Morgan fingerprint density at radius 2 is 2.00 bits per heavy atom. The van der Waals surface area contributed by atoms with Crippen molar-refractivity contribution in [1.29, 1.82) is 0 Å². The van der Waals surface area contributed by atoms with Crippen LogP contribution in [0.5, 0.6) is 0 Å². The van der Waals surface area contributed by atoms with Gasteiger partial charge in [0, 0.05) is 12.1 Å². The SMILES string of the molecule is Cl.Cl.[C-]#[N+]c1cccc([N+](=O)[O-])c1. The number of benzene rings is 1. The Hall–Kier alpha value is -1.31.